The molecule has 13 heteroatoms. The van der Waals surface area contributed by atoms with Crippen molar-refractivity contribution in [2.75, 3.05) is 6.54 Å². The fourth-order valence-electron chi connectivity index (χ4n) is 4.46. The van der Waals surface area contributed by atoms with Crippen molar-refractivity contribution in [2.45, 2.75) is 122 Å². The molecule has 1 aliphatic rings. The monoisotopic (exact) mass is 554 g/mol. The summed E-state index contributed by atoms with van der Waals surface area (Å²) in [5.41, 5.74) is 10.2. The number of hydrogen-bond acceptors (Lipinski definition) is 7. The summed E-state index contributed by atoms with van der Waals surface area (Å²) in [4.78, 5) is 75.1. The van der Waals surface area contributed by atoms with Crippen molar-refractivity contribution in [3.8, 4) is 0 Å². The van der Waals surface area contributed by atoms with Crippen molar-refractivity contribution in [1.29, 1.82) is 0 Å². The van der Waals surface area contributed by atoms with Crippen LogP contribution in [0.4, 0.5) is 0 Å². The molecule has 39 heavy (non-hydrogen) atoms. The lowest BCUT2D eigenvalue weighted by Gasteiger charge is -2.28. The molecule has 6 amide bonds. The molecule has 0 aromatic carbocycles. The highest BCUT2D eigenvalue weighted by Crippen LogP contribution is 2.20. The maximum absolute atomic E-state index is 13.0. The normalized spacial score (nSPS) is 17.9. The summed E-state index contributed by atoms with van der Waals surface area (Å²) in [7, 11) is 0. The molecule has 1 heterocycles. The van der Waals surface area contributed by atoms with Crippen molar-refractivity contribution >= 4 is 35.4 Å². The quantitative estimate of drug-likeness (QED) is 0.120. The first-order valence-corrected chi connectivity index (χ1v) is 13.8. The van der Waals surface area contributed by atoms with E-state index < -0.39 is 66.2 Å². The molecule has 222 valence electrons. The number of nitrogens with zero attached hydrogens (tertiary/aromatic N) is 1. The van der Waals surface area contributed by atoms with Crippen molar-refractivity contribution in [3.63, 3.8) is 0 Å². The first-order valence-electron chi connectivity index (χ1n) is 13.8. The van der Waals surface area contributed by atoms with Crippen LogP contribution in [0.3, 0.4) is 0 Å². The van der Waals surface area contributed by atoms with E-state index in [0.717, 1.165) is 25.7 Å². The summed E-state index contributed by atoms with van der Waals surface area (Å²) in [5, 5.41) is 17.3. The molecule has 0 radical (unpaired) electrons. The van der Waals surface area contributed by atoms with Gasteiger partial charge in [0.1, 0.15) is 24.2 Å². The molecule has 0 aliphatic carbocycles. The van der Waals surface area contributed by atoms with E-state index in [4.69, 9.17) is 11.5 Å². The molecule has 0 spiro atoms. The number of amides is 6. The molecule has 0 unspecified atom stereocenters. The average Bonchev–Trinajstić information content (AvgIpc) is 3.35. The summed E-state index contributed by atoms with van der Waals surface area (Å²) in [5.74, 6) is -4.15. The van der Waals surface area contributed by atoms with Crippen molar-refractivity contribution in [3.05, 3.63) is 0 Å². The SMILES string of the molecule is CCCCCCCCCC(=O)N1CCC[C@H]1C(=O)N[C@H](C(=O)N[C@@H](C)C(=O)N[C@@H](CC(N)=O)C(N)=O)[C@@H](C)O. The number of primary amides is 2. The maximum atomic E-state index is 13.0. The topological polar surface area (TPSA) is 214 Å². The van der Waals surface area contributed by atoms with Crippen LogP contribution in [0.2, 0.25) is 0 Å². The standard InChI is InChI=1S/C26H46N6O7/c1-4-5-6-7-8-9-10-13-21(35)32-14-11-12-19(32)25(38)31-22(17(3)33)26(39)29-16(2)24(37)30-18(23(28)36)15-20(27)34/h16-19,22,33H,4-15H2,1-3H3,(H2,27,34)(H2,28,36)(H,29,39)(H,30,37)(H,31,38)/t16-,17+,18-,19-,22-/m0/s1. The number of likely N-dealkylation sites (tertiary alicyclic amines) is 1. The molecule has 1 aliphatic heterocycles. The highest BCUT2D eigenvalue weighted by molar-refractivity contribution is 5.96. The highest BCUT2D eigenvalue weighted by Gasteiger charge is 2.37. The van der Waals surface area contributed by atoms with E-state index >= 15 is 0 Å². The summed E-state index contributed by atoms with van der Waals surface area (Å²) >= 11 is 0. The smallest absolute Gasteiger partial charge is 0.245 e. The van der Waals surface area contributed by atoms with E-state index in [1.54, 1.807) is 0 Å². The van der Waals surface area contributed by atoms with Crippen LogP contribution in [0, 0.1) is 0 Å². The van der Waals surface area contributed by atoms with Gasteiger partial charge in [-0.3, -0.25) is 28.8 Å². The summed E-state index contributed by atoms with van der Waals surface area (Å²) < 4.78 is 0. The predicted molar refractivity (Wildman–Crippen MR) is 143 cm³/mol. The minimum Gasteiger partial charge on any atom is -0.391 e. The number of hydrogen-bond donors (Lipinski definition) is 6. The first kappa shape index (κ1) is 33.8. The van der Waals surface area contributed by atoms with Gasteiger partial charge in [0.2, 0.25) is 35.4 Å². The molecule has 0 saturated carbocycles. The van der Waals surface area contributed by atoms with Crippen LogP contribution in [0.1, 0.15) is 91.4 Å². The number of rotatable bonds is 18. The van der Waals surface area contributed by atoms with Crippen LogP contribution in [-0.2, 0) is 28.8 Å². The fourth-order valence-corrected chi connectivity index (χ4v) is 4.46. The summed E-state index contributed by atoms with van der Waals surface area (Å²) in [6, 6.07) is -4.70. The van der Waals surface area contributed by atoms with Gasteiger partial charge in [0, 0.05) is 13.0 Å². The molecule has 8 N–H and O–H groups in total. The zero-order valence-corrected chi connectivity index (χ0v) is 23.4. The van der Waals surface area contributed by atoms with Crippen LogP contribution < -0.4 is 27.4 Å². The summed E-state index contributed by atoms with van der Waals surface area (Å²) in [6.07, 6.45) is 7.16. The lowest BCUT2D eigenvalue weighted by atomic mass is 10.1. The average molecular weight is 555 g/mol. The molecule has 13 nitrogen and oxygen atoms in total. The van der Waals surface area contributed by atoms with Crippen molar-refractivity contribution < 1.29 is 33.9 Å². The van der Waals surface area contributed by atoms with Gasteiger partial charge in [0.25, 0.3) is 0 Å². The minimum atomic E-state index is -1.40. The Hall–Kier alpha value is -3.22. The highest BCUT2D eigenvalue weighted by atomic mass is 16.3. The van der Waals surface area contributed by atoms with Gasteiger partial charge < -0.3 is 37.4 Å². The second-order valence-electron chi connectivity index (χ2n) is 10.2. The van der Waals surface area contributed by atoms with Crippen LogP contribution in [0.15, 0.2) is 0 Å². The second kappa shape index (κ2) is 17.4. The molecule has 0 aromatic heterocycles. The molecule has 1 rings (SSSR count). The zero-order valence-electron chi connectivity index (χ0n) is 23.4. The van der Waals surface area contributed by atoms with Gasteiger partial charge in [-0.2, -0.15) is 0 Å². The van der Waals surface area contributed by atoms with Gasteiger partial charge in [-0.25, -0.2) is 0 Å². The van der Waals surface area contributed by atoms with Crippen LogP contribution in [0.25, 0.3) is 0 Å². The Morgan fingerprint density at radius 1 is 0.897 bits per heavy atom. The Labute approximate surface area is 230 Å². The number of carbonyl (C=O) groups is 6. The zero-order chi connectivity index (χ0) is 29.5. The Bertz CT molecular complexity index is 866. The predicted octanol–water partition coefficient (Wildman–Crippen LogP) is -0.666. The van der Waals surface area contributed by atoms with Crippen molar-refractivity contribution in [1.82, 2.24) is 20.9 Å². The van der Waals surface area contributed by atoms with E-state index in [-0.39, 0.29) is 5.91 Å². The van der Waals surface area contributed by atoms with Gasteiger partial charge >= 0.3 is 0 Å². The molecule has 0 bridgehead atoms. The molecular weight excluding hydrogens is 508 g/mol. The third-order valence-electron chi connectivity index (χ3n) is 6.75. The van der Waals surface area contributed by atoms with E-state index in [0.29, 0.717) is 25.8 Å². The lowest BCUT2D eigenvalue weighted by Crippen LogP contribution is -2.59. The minimum absolute atomic E-state index is 0.107. The number of carbonyl (C=O) groups excluding carboxylic acids is 6. The fraction of sp³-hybridized carbons (Fsp3) is 0.769. The Kier molecular flexibility index (Phi) is 15.1. The number of aliphatic hydroxyl groups is 1. The number of unbranched alkanes of at least 4 members (excludes halogenated alkanes) is 6. The van der Waals surface area contributed by atoms with Gasteiger partial charge in [0.15, 0.2) is 0 Å². The Morgan fingerprint density at radius 3 is 2.08 bits per heavy atom. The molecule has 1 saturated heterocycles. The second-order valence-corrected chi connectivity index (χ2v) is 10.2. The first-order chi connectivity index (χ1) is 18.4. The molecule has 1 fully saturated rings. The van der Waals surface area contributed by atoms with Gasteiger partial charge in [-0.05, 0) is 33.1 Å². The van der Waals surface area contributed by atoms with Crippen LogP contribution in [-0.4, -0.2) is 82.3 Å². The molecule has 5 atom stereocenters. The Morgan fingerprint density at radius 2 is 1.51 bits per heavy atom. The Balaban J connectivity index is 2.67. The third-order valence-corrected chi connectivity index (χ3v) is 6.75. The molecule has 0 aromatic rings. The third kappa shape index (κ3) is 12.0. The molecular formula is C26H46N6O7. The lowest BCUT2D eigenvalue weighted by molar-refractivity contribution is -0.140. The van der Waals surface area contributed by atoms with Gasteiger partial charge in [-0.15, -0.1) is 0 Å². The largest absolute Gasteiger partial charge is 0.391 e. The summed E-state index contributed by atoms with van der Waals surface area (Å²) in [6.45, 7) is 5.23. The van der Waals surface area contributed by atoms with Gasteiger partial charge in [0.05, 0.1) is 12.5 Å². The number of nitrogens with one attached hydrogen (secondary N) is 3. The van der Waals surface area contributed by atoms with E-state index in [1.165, 1.54) is 38.0 Å². The van der Waals surface area contributed by atoms with E-state index in [1.807, 2.05) is 0 Å². The maximum Gasteiger partial charge on any atom is 0.245 e. The number of nitrogens with two attached hydrogens (primary N) is 2. The van der Waals surface area contributed by atoms with Crippen LogP contribution in [0.5, 0.6) is 0 Å². The number of aliphatic hydroxyl groups excluding tert-OH is 1. The van der Waals surface area contributed by atoms with E-state index in [9.17, 15) is 33.9 Å². The van der Waals surface area contributed by atoms with Gasteiger partial charge in [-0.1, -0.05) is 45.4 Å². The van der Waals surface area contributed by atoms with Crippen molar-refractivity contribution in [2.24, 2.45) is 11.5 Å². The van der Waals surface area contributed by atoms with Crippen LogP contribution >= 0.6 is 0 Å². The van der Waals surface area contributed by atoms with E-state index in [2.05, 4.69) is 22.9 Å².